The van der Waals surface area contributed by atoms with Gasteiger partial charge in [0.15, 0.2) is 0 Å². The largest absolute Gasteiger partial charge is 0.491 e. The third kappa shape index (κ3) is 5.64. The number of nitrogens with one attached hydrogen (secondary N) is 1. The van der Waals surface area contributed by atoms with E-state index in [0.29, 0.717) is 25.5 Å². The highest BCUT2D eigenvalue weighted by Crippen LogP contribution is 2.21. The lowest BCUT2D eigenvalue weighted by atomic mass is 10.0. The number of aryl methyl sites for hydroxylation is 2. The second-order valence-corrected chi connectivity index (χ2v) is 5.52. The van der Waals surface area contributed by atoms with Crippen LogP contribution in [-0.2, 0) is 4.79 Å². The number of amides is 1. The van der Waals surface area contributed by atoms with E-state index in [-0.39, 0.29) is 5.91 Å². The molecule has 1 amide bonds. The summed E-state index contributed by atoms with van der Waals surface area (Å²) in [6, 6.07) is 6.09. The summed E-state index contributed by atoms with van der Waals surface area (Å²) < 4.78 is 5.76. The molecule has 0 radical (unpaired) electrons. The van der Waals surface area contributed by atoms with E-state index in [2.05, 4.69) is 19.2 Å². The molecule has 0 bridgehead atoms. The molecule has 1 rings (SSSR count). The summed E-state index contributed by atoms with van der Waals surface area (Å²) in [6.07, 6.45) is 2.84. The van der Waals surface area contributed by atoms with E-state index in [1.54, 1.807) is 0 Å². The Bertz CT molecular complexity index is 409. The lowest BCUT2D eigenvalue weighted by molar-refractivity contribution is -0.122. The minimum atomic E-state index is 0.121. The molecule has 0 saturated heterocycles. The van der Waals surface area contributed by atoms with Gasteiger partial charge in [-0.25, -0.2) is 0 Å². The Morgan fingerprint density at radius 3 is 2.55 bits per heavy atom. The number of hydrogen-bond acceptors (Lipinski definition) is 2. The zero-order valence-corrected chi connectivity index (χ0v) is 13.2. The minimum absolute atomic E-state index is 0.121. The molecule has 0 aliphatic carbocycles. The van der Waals surface area contributed by atoms with Gasteiger partial charge in [-0.15, -0.1) is 0 Å². The first-order chi connectivity index (χ1) is 9.54. The van der Waals surface area contributed by atoms with Gasteiger partial charge in [0.25, 0.3) is 0 Å². The van der Waals surface area contributed by atoms with E-state index in [4.69, 9.17) is 4.74 Å². The average molecular weight is 277 g/mol. The van der Waals surface area contributed by atoms with Crippen LogP contribution in [0.4, 0.5) is 0 Å². The number of benzene rings is 1. The standard InChI is InChI=1S/C17H27NO2/c1-5-7-13(2)12-16(19)18-10-11-20-17-14(3)8-6-9-15(17)4/h6,8-9,13H,5,7,10-12H2,1-4H3,(H,18,19). The van der Waals surface area contributed by atoms with E-state index in [1.165, 1.54) is 0 Å². The van der Waals surface area contributed by atoms with Crippen LogP contribution in [0, 0.1) is 19.8 Å². The molecule has 0 saturated carbocycles. The van der Waals surface area contributed by atoms with E-state index in [9.17, 15) is 4.79 Å². The third-order valence-electron chi connectivity index (χ3n) is 3.39. The van der Waals surface area contributed by atoms with Crippen LogP contribution in [-0.4, -0.2) is 19.1 Å². The molecule has 0 heterocycles. The second kappa shape index (κ2) is 8.62. The Hall–Kier alpha value is -1.51. The zero-order valence-electron chi connectivity index (χ0n) is 13.2. The molecule has 3 nitrogen and oxygen atoms in total. The van der Waals surface area contributed by atoms with Gasteiger partial charge in [0.1, 0.15) is 12.4 Å². The fourth-order valence-electron chi connectivity index (χ4n) is 2.35. The van der Waals surface area contributed by atoms with Crippen molar-refractivity contribution in [2.24, 2.45) is 5.92 Å². The maximum absolute atomic E-state index is 11.7. The molecular formula is C17H27NO2. The normalized spacial score (nSPS) is 12.0. The number of ether oxygens (including phenoxy) is 1. The van der Waals surface area contributed by atoms with Crippen molar-refractivity contribution >= 4 is 5.91 Å². The van der Waals surface area contributed by atoms with E-state index < -0.39 is 0 Å². The average Bonchev–Trinajstić information content (AvgIpc) is 2.37. The van der Waals surface area contributed by atoms with Crippen LogP contribution < -0.4 is 10.1 Å². The third-order valence-corrected chi connectivity index (χ3v) is 3.39. The zero-order chi connectivity index (χ0) is 15.0. The molecule has 0 aliphatic heterocycles. The topological polar surface area (TPSA) is 38.3 Å². The van der Waals surface area contributed by atoms with Crippen molar-refractivity contribution in [2.75, 3.05) is 13.2 Å². The second-order valence-electron chi connectivity index (χ2n) is 5.52. The first-order valence-electron chi connectivity index (χ1n) is 7.50. The van der Waals surface area contributed by atoms with E-state index in [1.807, 2.05) is 32.0 Å². The predicted octanol–water partition coefficient (Wildman–Crippen LogP) is 3.62. The van der Waals surface area contributed by atoms with Gasteiger partial charge < -0.3 is 10.1 Å². The van der Waals surface area contributed by atoms with Crippen molar-refractivity contribution in [2.45, 2.75) is 47.0 Å². The Morgan fingerprint density at radius 2 is 1.95 bits per heavy atom. The number of hydrogen-bond donors (Lipinski definition) is 1. The maximum Gasteiger partial charge on any atom is 0.220 e. The Morgan fingerprint density at radius 1 is 1.30 bits per heavy atom. The molecule has 112 valence electrons. The summed E-state index contributed by atoms with van der Waals surface area (Å²) in [4.78, 5) is 11.7. The van der Waals surface area contributed by atoms with Crippen molar-refractivity contribution in [3.63, 3.8) is 0 Å². The summed E-state index contributed by atoms with van der Waals surface area (Å²) in [7, 11) is 0. The minimum Gasteiger partial charge on any atom is -0.491 e. The molecule has 20 heavy (non-hydrogen) atoms. The van der Waals surface area contributed by atoms with E-state index in [0.717, 1.165) is 29.7 Å². The Labute approximate surface area is 122 Å². The molecule has 0 aromatic heterocycles. The molecule has 1 unspecified atom stereocenters. The molecule has 1 aromatic rings. The molecule has 1 N–H and O–H groups in total. The molecular weight excluding hydrogens is 250 g/mol. The fourth-order valence-corrected chi connectivity index (χ4v) is 2.35. The van der Waals surface area contributed by atoms with Crippen molar-refractivity contribution in [1.29, 1.82) is 0 Å². The van der Waals surface area contributed by atoms with Crippen molar-refractivity contribution < 1.29 is 9.53 Å². The number of carbonyl (C=O) groups is 1. The van der Waals surface area contributed by atoms with Crippen LogP contribution in [0.2, 0.25) is 0 Å². The number of carbonyl (C=O) groups excluding carboxylic acids is 1. The monoisotopic (exact) mass is 277 g/mol. The van der Waals surface area contributed by atoms with Crippen LogP contribution >= 0.6 is 0 Å². The summed E-state index contributed by atoms with van der Waals surface area (Å²) in [6.45, 7) is 9.41. The van der Waals surface area contributed by atoms with Crippen molar-refractivity contribution in [1.82, 2.24) is 5.32 Å². The molecule has 0 fully saturated rings. The summed E-state index contributed by atoms with van der Waals surface area (Å²) in [5, 5.41) is 2.92. The molecule has 3 heteroatoms. The van der Waals surface area contributed by atoms with Gasteiger partial charge in [-0.05, 0) is 30.9 Å². The van der Waals surface area contributed by atoms with Crippen LogP contribution in [0.1, 0.15) is 44.2 Å². The van der Waals surface area contributed by atoms with Crippen molar-refractivity contribution in [3.05, 3.63) is 29.3 Å². The van der Waals surface area contributed by atoms with Gasteiger partial charge in [-0.1, -0.05) is 44.9 Å². The van der Waals surface area contributed by atoms with Crippen LogP contribution in [0.5, 0.6) is 5.75 Å². The fraction of sp³-hybridized carbons (Fsp3) is 0.588. The molecule has 1 atom stereocenters. The SMILES string of the molecule is CCCC(C)CC(=O)NCCOc1c(C)cccc1C. The van der Waals surface area contributed by atoms with Gasteiger partial charge in [0.05, 0.1) is 6.54 Å². The highest BCUT2D eigenvalue weighted by Gasteiger charge is 2.08. The van der Waals surface area contributed by atoms with Gasteiger partial charge in [0, 0.05) is 6.42 Å². The van der Waals surface area contributed by atoms with Crippen LogP contribution in [0.25, 0.3) is 0 Å². The number of para-hydroxylation sites is 1. The summed E-state index contributed by atoms with van der Waals surface area (Å²) in [5.74, 6) is 1.51. The Balaban J connectivity index is 2.26. The molecule has 0 aliphatic rings. The summed E-state index contributed by atoms with van der Waals surface area (Å²) in [5.41, 5.74) is 2.26. The Kier molecular flexibility index (Phi) is 7.13. The lowest BCUT2D eigenvalue weighted by Gasteiger charge is -2.13. The van der Waals surface area contributed by atoms with Gasteiger partial charge in [-0.3, -0.25) is 4.79 Å². The predicted molar refractivity (Wildman–Crippen MR) is 83.1 cm³/mol. The highest BCUT2D eigenvalue weighted by atomic mass is 16.5. The van der Waals surface area contributed by atoms with Gasteiger partial charge in [-0.2, -0.15) is 0 Å². The lowest BCUT2D eigenvalue weighted by Crippen LogP contribution is -2.29. The number of rotatable bonds is 8. The first kappa shape index (κ1) is 16.5. The van der Waals surface area contributed by atoms with Crippen molar-refractivity contribution in [3.8, 4) is 5.75 Å². The first-order valence-corrected chi connectivity index (χ1v) is 7.50. The molecule has 1 aromatic carbocycles. The van der Waals surface area contributed by atoms with Gasteiger partial charge in [0.2, 0.25) is 5.91 Å². The molecule has 0 spiro atoms. The van der Waals surface area contributed by atoms with E-state index >= 15 is 0 Å². The highest BCUT2D eigenvalue weighted by molar-refractivity contribution is 5.76. The van der Waals surface area contributed by atoms with Crippen LogP contribution in [0.15, 0.2) is 18.2 Å². The quantitative estimate of drug-likeness (QED) is 0.737. The van der Waals surface area contributed by atoms with Gasteiger partial charge >= 0.3 is 0 Å². The van der Waals surface area contributed by atoms with Crippen LogP contribution in [0.3, 0.4) is 0 Å². The smallest absolute Gasteiger partial charge is 0.220 e. The maximum atomic E-state index is 11.7. The summed E-state index contributed by atoms with van der Waals surface area (Å²) >= 11 is 0.